The monoisotopic (exact) mass is 270 g/mol. The van der Waals surface area contributed by atoms with E-state index in [1.54, 1.807) is 6.92 Å². The molecular formula is C13H22N2O4. The van der Waals surface area contributed by atoms with Crippen LogP contribution in [0.3, 0.4) is 0 Å². The molecule has 1 fully saturated rings. The first kappa shape index (κ1) is 15.5. The number of nitrogens with one attached hydrogen (secondary N) is 1. The van der Waals surface area contributed by atoms with E-state index >= 15 is 0 Å². The summed E-state index contributed by atoms with van der Waals surface area (Å²) >= 11 is 0. The van der Waals surface area contributed by atoms with Crippen molar-refractivity contribution < 1.29 is 19.1 Å². The molecule has 1 saturated heterocycles. The van der Waals surface area contributed by atoms with Gasteiger partial charge in [0.2, 0.25) is 11.8 Å². The third kappa shape index (κ3) is 4.89. The van der Waals surface area contributed by atoms with Gasteiger partial charge in [-0.05, 0) is 19.8 Å². The zero-order chi connectivity index (χ0) is 14.3. The van der Waals surface area contributed by atoms with E-state index in [-0.39, 0.29) is 30.2 Å². The molecule has 1 unspecified atom stereocenters. The average molecular weight is 270 g/mol. The Labute approximate surface area is 113 Å². The third-order valence-electron chi connectivity index (χ3n) is 3.05. The number of hydrogen-bond donors (Lipinski definition) is 1. The highest BCUT2D eigenvalue weighted by atomic mass is 16.5. The van der Waals surface area contributed by atoms with Crippen molar-refractivity contribution in [2.24, 2.45) is 5.92 Å². The van der Waals surface area contributed by atoms with Crippen LogP contribution in [0.25, 0.3) is 0 Å². The second kappa shape index (κ2) is 7.76. The van der Waals surface area contributed by atoms with Crippen molar-refractivity contribution in [1.29, 1.82) is 0 Å². The van der Waals surface area contributed by atoms with E-state index in [0.717, 1.165) is 6.42 Å². The minimum absolute atomic E-state index is 0.00897. The van der Waals surface area contributed by atoms with E-state index in [1.807, 2.05) is 6.92 Å². The fraction of sp³-hybridized carbons (Fsp3) is 0.769. The first-order valence-corrected chi connectivity index (χ1v) is 6.79. The zero-order valence-electron chi connectivity index (χ0n) is 11.6. The number of esters is 1. The van der Waals surface area contributed by atoms with Crippen LogP contribution in [0.2, 0.25) is 0 Å². The normalized spacial score (nSPS) is 18.6. The first-order valence-electron chi connectivity index (χ1n) is 6.79. The van der Waals surface area contributed by atoms with Crippen molar-refractivity contribution in [1.82, 2.24) is 10.2 Å². The lowest BCUT2D eigenvalue weighted by molar-refractivity contribution is -0.150. The fourth-order valence-corrected chi connectivity index (χ4v) is 2.10. The van der Waals surface area contributed by atoms with Gasteiger partial charge >= 0.3 is 5.97 Å². The highest BCUT2D eigenvalue weighted by Crippen LogP contribution is 2.14. The number of nitrogens with zero attached hydrogens (tertiary/aromatic N) is 1. The van der Waals surface area contributed by atoms with Crippen molar-refractivity contribution in [2.45, 2.75) is 33.1 Å². The Bertz CT molecular complexity index is 334. The Balaban J connectivity index is 2.56. The largest absolute Gasteiger partial charge is 0.465 e. The number of amides is 2. The molecule has 0 aromatic rings. The van der Waals surface area contributed by atoms with Gasteiger partial charge in [-0.3, -0.25) is 14.4 Å². The summed E-state index contributed by atoms with van der Waals surface area (Å²) in [5.74, 6) is -0.700. The minimum Gasteiger partial charge on any atom is -0.465 e. The molecular weight excluding hydrogens is 248 g/mol. The average Bonchev–Trinajstić information content (AvgIpc) is 2.38. The van der Waals surface area contributed by atoms with Crippen molar-refractivity contribution in [3.8, 4) is 0 Å². The van der Waals surface area contributed by atoms with Crippen LogP contribution >= 0.6 is 0 Å². The van der Waals surface area contributed by atoms with E-state index in [9.17, 15) is 14.4 Å². The molecule has 0 aliphatic carbocycles. The second-order valence-electron chi connectivity index (χ2n) is 4.60. The summed E-state index contributed by atoms with van der Waals surface area (Å²) in [5, 5.41) is 2.69. The minimum atomic E-state index is -0.385. The van der Waals surface area contributed by atoms with Crippen molar-refractivity contribution in [3.63, 3.8) is 0 Å². The Kier molecular flexibility index (Phi) is 6.32. The fourth-order valence-electron chi connectivity index (χ4n) is 2.10. The number of ether oxygens (including phenoxy) is 1. The van der Waals surface area contributed by atoms with Crippen LogP contribution in [-0.2, 0) is 19.1 Å². The topological polar surface area (TPSA) is 75.7 Å². The van der Waals surface area contributed by atoms with Gasteiger partial charge in [-0.1, -0.05) is 6.92 Å². The summed E-state index contributed by atoms with van der Waals surface area (Å²) in [6.45, 7) is 4.88. The van der Waals surface area contributed by atoms with Crippen LogP contribution in [-0.4, -0.2) is 48.9 Å². The molecule has 6 nitrogen and oxygen atoms in total. The number of rotatable bonds is 6. The van der Waals surface area contributed by atoms with Gasteiger partial charge in [-0.15, -0.1) is 0 Å². The summed E-state index contributed by atoms with van der Waals surface area (Å²) in [7, 11) is 0. The molecule has 108 valence electrons. The van der Waals surface area contributed by atoms with Gasteiger partial charge in [0.15, 0.2) is 0 Å². The molecule has 19 heavy (non-hydrogen) atoms. The maximum absolute atomic E-state index is 12.3. The van der Waals surface area contributed by atoms with Gasteiger partial charge < -0.3 is 15.0 Å². The highest BCUT2D eigenvalue weighted by molar-refractivity contribution is 5.86. The highest BCUT2D eigenvalue weighted by Gasteiger charge is 2.29. The quantitative estimate of drug-likeness (QED) is 0.705. The molecule has 1 aliphatic heterocycles. The molecule has 2 amide bonds. The van der Waals surface area contributed by atoms with Gasteiger partial charge in [0, 0.05) is 19.5 Å². The lowest BCUT2D eigenvalue weighted by atomic mass is 9.97. The molecule has 6 heteroatoms. The number of carbonyl (C=O) groups is 3. The van der Waals surface area contributed by atoms with Gasteiger partial charge in [-0.25, -0.2) is 0 Å². The Morgan fingerprint density at radius 1 is 1.42 bits per heavy atom. The van der Waals surface area contributed by atoms with E-state index in [1.165, 1.54) is 4.90 Å². The van der Waals surface area contributed by atoms with E-state index in [0.29, 0.717) is 32.5 Å². The number of carbonyl (C=O) groups excluding carboxylic acids is 3. The smallest absolute Gasteiger partial charge is 0.325 e. The van der Waals surface area contributed by atoms with E-state index in [2.05, 4.69) is 5.32 Å². The zero-order valence-corrected chi connectivity index (χ0v) is 11.6. The van der Waals surface area contributed by atoms with E-state index < -0.39 is 0 Å². The molecule has 1 atom stereocenters. The number of piperidine rings is 1. The van der Waals surface area contributed by atoms with Gasteiger partial charge in [0.25, 0.3) is 0 Å². The van der Waals surface area contributed by atoms with Crippen molar-refractivity contribution in [3.05, 3.63) is 0 Å². The van der Waals surface area contributed by atoms with Gasteiger partial charge in [0.1, 0.15) is 6.54 Å². The molecule has 0 saturated carbocycles. The molecule has 1 heterocycles. The van der Waals surface area contributed by atoms with Gasteiger partial charge in [-0.2, -0.15) is 0 Å². The van der Waals surface area contributed by atoms with Crippen molar-refractivity contribution in [2.75, 3.05) is 26.2 Å². The molecule has 1 N–H and O–H groups in total. The SMILES string of the molecule is CCCN(CC(=O)OCC)C(=O)C1CCC(=O)NC1. The summed E-state index contributed by atoms with van der Waals surface area (Å²) in [6.07, 6.45) is 1.70. The predicted octanol–water partition coefficient (Wildman–Crippen LogP) is 0.314. The molecule has 1 rings (SSSR count). The molecule has 0 aromatic carbocycles. The predicted molar refractivity (Wildman–Crippen MR) is 69.2 cm³/mol. The lowest BCUT2D eigenvalue weighted by Crippen LogP contribution is -2.46. The summed E-state index contributed by atoms with van der Waals surface area (Å²) in [4.78, 5) is 36.4. The maximum atomic E-state index is 12.3. The summed E-state index contributed by atoms with van der Waals surface area (Å²) in [5.41, 5.74) is 0. The van der Waals surface area contributed by atoms with Crippen molar-refractivity contribution >= 4 is 17.8 Å². The van der Waals surface area contributed by atoms with Crippen LogP contribution in [0.1, 0.15) is 33.1 Å². The molecule has 0 bridgehead atoms. The maximum Gasteiger partial charge on any atom is 0.325 e. The summed E-state index contributed by atoms with van der Waals surface area (Å²) < 4.78 is 4.87. The third-order valence-corrected chi connectivity index (χ3v) is 3.05. The molecule has 0 spiro atoms. The second-order valence-corrected chi connectivity index (χ2v) is 4.60. The van der Waals surface area contributed by atoms with Crippen LogP contribution in [0, 0.1) is 5.92 Å². The Hall–Kier alpha value is -1.59. The lowest BCUT2D eigenvalue weighted by Gasteiger charge is -2.28. The van der Waals surface area contributed by atoms with Crippen LogP contribution in [0.15, 0.2) is 0 Å². The van der Waals surface area contributed by atoms with Crippen LogP contribution < -0.4 is 5.32 Å². The van der Waals surface area contributed by atoms with Crippen LogP contribution in [0.5, 0.6) is 0 Å². The van der Waals surface area contributed by atoms with Gasteiger partial charge in [0.05, 0.1) is 12.5 Å². The molecule has 0 radical (unpaired) electrons. The first-order chi connectivity index (χ1) is 9.08. The standard InChI is InChI=1S/C13H22N2O4/c1-3-7-15(9-12(17)19-4-2)13(18)10-5-6-11(16)14-8-10/h10H,3-9H2,1-2H3,(H,14,16). The van der Waals surface area contributed by atoms with E-state index in [4.69, 9.17) is 4.74 Å². The molecule has 0 aromatic heterocycles. The molecule has 1 aliphatic rings. The van der Waals surface area contributed by atoms with Crippen LogP contribution in [0.4, 0.5) is 0 Å². The Morgan fingerprint density at radius 3 is 2.68 bits per heavy atom. The Morgan fingerprint density at radius 2 is 2.16 bits per heavy atom. The number of hydrogen-bond acceptors (Lipinski definition) is 4. The summed E-state index contributed by atoms with van der Waals surface area (Å²) in [6, 6.07) is 0.